The zero-order chi connectivity index (χ0) is 14.9. The number of piperidine rings is 1. The molecule has 21 heavy (non-hydrogen) atoms. The van der Waals surface area contributed by atoms with Crippen molar-refractivity contribution in [2.75, 3.05) is 13.1 Å². The number of nitrogens with one attached hydrogen (secondary N) is 1. The topological polar surface area (TPSA) is 56.3 Å². The van der Waals surface area contributed by atoms with E-state index in [0.29, 0.717) is 0 Å². The molecule has 2 heterocycles. The summed E-state index contributed by atoms with van der Waals surface area (Å²) in [6.45, 7) is 4.60. The van der Waals surface area contributed by atoms with E-state index in [1.165, 1.54) is 10.9 Å². The third-order valence-corrected chi connectivity index (χ3v) is 5.01. The van der Waals surface area contributed by atoms with Crippen molar-refractivity contribution in [3.63, 3.8) is 0 Å². The molecule has 4 heteroatoms. The lowest BCUT2D eigenvalue weighted by Gasteiger charge is -2.38. The molecule has 0 saturated carbocycles. The van der Waals surface area contributed by atoms with Crippen molar-refractivity contribution >= 4 is 16.9 Å². The van der Waals surface area contributed by atoms with E-state index in [2.05, 4.69) is 34.3 Å². The average Bonchev–Trinajstić information content (AvgIpc) is 2.91. The maximum atomic E-state index is 11.5. The van der Waals surface area contributed by atoms with Crippen LogP contribution in [0.5, 0.6) is 0 Å². The van der Waals surface area contributed by atoms with E-state index in [1.807, 2.05) is 13.0 Å². The number of benzene rings is 1. The molecule has 3 rings (SSSR count). The van der Waals surface area contributed by atoms with Gasteiger partial charge in [-0.05, 0) is 44.0 Å². The third-order valence-electron chi connectivity index (χ3n) is 5.01. The third kappa shape index (κ3) is 2.56. The lowest BCUT2D eigenvalue weighted by Crippen LogP contribution is -2.43. The highest BCUT2D eigenvalue weighted by Gasteiger charge is 2.39. The highest BCUT2D eigenvalue weighted by molar-refractivity contribution is 5.83. The first-order chi connectivity index (χ1) is 10.1. The van der Waals surface area contributed by atoms with Crippen LogP contribution < -0.4 is 0 Å². The van der Waals surface area contributed by atoms with E-state index in [9.17, 15) is 9.90 Å². The molecule has 4 nitrogen and oxygen atoms in total. The first-order valence-electron chi connectivity index (χ1n) is 7.65. The van der Waals surface area contributed by atoms with Gasteiger partial charge < -0.3 is 10.1 Å². The number of para-hydroxylation sites is 1. The van der Waals surface area contributed by atoms with Gasteiger partial charge in [-0.25, -0.2) is 0 Å². The minimum absolute atomic E-state index is 0.503. The summed E-state index contributed by atoms with van der Waals surface area (Å²) in [5.74, 6) is -0.628. The van der Waals surface area contributed by atoms with E-state index in [1.54, 1.807) is 0 Å². The number of hydrogen-bond donors (Lipinski definition) is 2. The molecule has 2 aromatic rings. The Balaban J connectivity index is 1.69. The maximum absolute atomic E-state index is 11.5. The number of fused-ring (bicyclic) bond motifs is 1. The lowest BCUT2D eigenvalue weighted by molar-refractivity contribution is -0.152. The molecule has 0 spiro atoms. The molecule has 1 saturated heterocycles. The van der Waals surface area contributed by atoms with Crippen LogP contribution in [0.3, 0.4) is 0 Å². The molecule has 0 amide bonds. The number of hydrogen-bond acceptors (Lipinski definition) is 2. The van der Waals surface area contributed by atoms with Gasteiger partial charge >= 0.3 is 5.97 Å². The Hall–Kier alpha value is -1.81. The van der Waals surface area contributed by atoms with Crippen LogP contribution in [-0.4, -0.2) is 34.0 Å². The molecule has 0 aliphatic carbocycles. The molecule has 1 aliphatic rings. The van der Waals surface area contributed by atoms with Crippen molar-refractivity contribution in [2.45, 2.75) is 32.7 Å². The predicted octanol–water partition coefficient (Wildman–Crippen LogP) is 3.24. The lowest BCUT2D eigenvalue weighted by atomic mass is 9.76. The number of aromatic nitrogens is 1. The molecular formula is C17H22N2O2. The van der Waals surface area contributed by atoms with E-state index in [4.69, 9.17) is 0 Å². The zero-order valence-corrected chi connectivity index (χ0v) is 12.4. The minimum Gasteiger partial charge on any atom is -0.481 e. The normalized spacial score (nSPS) is 18.9. The molecule has 0 bridgehead atoms. The number of carbonyl (C=O) groups is 1. The average molecular weight is 286 g/mol. The van der Waals surface area contributed by atoms with Crippen molar-refractivity contribution in [2.24, 2.45) is 5.41 Å². The van der Waals surface area contributed by atoms with Crippen molar-refractivity contribution in [1.82, 2.24) is 9.88 Å². The monoisotopic (exact) mass is 286 g/mol. The van der Waals surface area contributed by atoms with E-state index in [-0.39, 0.29) is 0 Å². The summed E-state index contributed by atoms with van der Waals surface area (Å²) < 4.78 is 0. The molecule has 1 aromatic heterocycles. The summed E-state index contributed by atoms with van der Waals surface area (Å²) in [7, 11) is 0. The Labute approximate surface area is 124 Å². The van der Waals surface area contributed by atoms with Gasteiger partial charge in [-0.15, -0.1) is 0 Å². The summed E-state index contributed by atoms with van der Waals surface area (Å²) in [6.07, 6.45) is 4.30. The van der Waals surface area contributed by atoms with Gasteiger partial charge in [0.05, 0.1) is 5.41 Å². The summed E-state index contributed by atoms with van der Waals surface area (Å²) in [4.78, 5) is 17.2. The second-order valence-electron chi connectivity index (χ2n) is 6.07. The summed E-state index contributed by atoms with van der Waals surface area (Å²) in [5.41, 5.74) is 1.96. The van der Waals surface area contributed by atoms with Crippen LogP contribution in [0.25, 0.3) is 10.9 Å². The van der Waals surface area contributed by atoms with Crippen molar-refractivity contribution in [3.05, 3.63) is 36.0 Å². The van der Waals surface area contributed by atoms with Gasteiger partial charge in [0.25, 0.3) is 0 Å². The number of aromatic amines is 1. The maximum Gasteiger partial charge on any atom is 0.309 e. The van der Waals surface area contributed by atoms with Gasteiger partial charge in [0.2, 0.25) is 0 Å². The standard InChI is InChI=1S/C17H22N2O2/c1-2-17(16(20)21)7-9-19(10-8-17)12-13-11-18-15-6-4-3-5-14(13)15/h3-6,11,18H,2,7-10,12H2,1H3,(H,20,21). The number of rotatable bonds is 4. The molecule has 2 N–H and O–H groups in total. The van der Waals surface area contributed by atoms with Crippen LogP contribution in [0.1, 0.15) is 31.7 Å². The quantitative estimate of drug-likeness (QED) is 0.907. The fraction of sp³-hybridized carbons (Fsp3) is 0.471. The molecular weight excluding hydrogens is 264 g/mol. The van der Waals surface area contributed by atoms with E-state index in [0.717, 1.165) is 44.4 Å². The second kappa shape index (κ2) is 5.53. The van der Waals surface area contributed by atoms with E-state index >= 15 is 0 Å². The SMILES string of the molecule is CCC1(C(=O)O)CCN(Cc2c[nH]c3ccccc23)CC1. The number of carboxylic acids is 1. The Morgan fingerprint density at radius 3 is 2.71 bits per heavy atom. The highest BCUT2D eigenvalue weighted by atomic mass is 16.4. The van der Waals surface area contributed by atoms with Crippen LogP contribution in [-0.2, 0) is 11.3 Å². The number of carboxylic acid groups (broad SMARTS) is 1. The van der Waals surface area contributed by atoms with Crippen molar-refractivity contribution in [1.29, 1.82) is 0 Å². The summed E-state index contributed by atoms with van der Waals surface area (Å²) in [5, 5.41) is 10.7. The first kappa shape index (κ1) is 14.1. The fourth-order valence-electron chi connectivity index (χ4n) is 3.36. The van der Waals surface area contributed by atoms with Gasteiger partial charge in [-0.1, -0.05) is 25.1 Å². The Morgan fingerprint density at radius 1 is 1.33 bits per heavy atom. The van der Waals surface area contributed by atoms with Crippen LogP contribution in [0.4, 0.5) is 0 Å². The van der Waals surface area contributed by atoms with Crippen LogP contribution in [0.2, 0.25) is 0 Å². The summed E-state index contributed by atoms with van der Waals surface area (Å²) in [6, 6.07) is 8.31. The Morgan fingerprint density at radius 2 is 2.05 bits per heavy atom. The largest absolute Gasteiger partial charge is 0.481 e. The van der Waals surface area contributed by atoms with Crippen LogP contribution >= 0.6 is 0 Å². The van der Waals surface area contributed by atoms with Gasteiger partial charge in [0.15, 0.2) is 0 Å². The predicted molar refractivity (Wildman–Crippen MR) is 83.2 cm³/mol. The number of H-pyrrole nitrogens is 1. The second-order valence-corrected chi connectivity index (χ2v) is 6.07. The number of nitrogens with zero attached hydrogens (tertiary/aromatic N) is 1. The molecule has 1 aliphatic heterocycles. The van der Waals surface area contributed by atoms with Gasteiger partial charge in [-0.3, -0.25) is 9.69 Å². The fourth-order valence-corrected chi connectivity index (χ4v) is 3.36. The number of aliphatic carboxylic acids is 1. The highest BCUT2D eigenvalue weighted by Crippen LogP contribution is 2.35. The van der Waals surface area contributed by atoms with E-state index < -0.39 is 11.4 Å². The molecule has 112 valence electrons. The van der Waals surface area contributed by atoms with Gasteiger partial charge in [-0.2, -0.15) is 0 Å². The van der Waals surface area contributed by atoms with Crippen LogP contribution in [0, 0.1) is 5.41 Å². The van der Waals surface area contributed by atoms with Gasteiger partial charge in [0.1, 0.15) is 0 Å². The van der Waals surface area contributed by atoms with Crippen molar-refractivity contribution < 1.29 is 9.90 Å². The van der Waals surface area contributed by atoms with Crippen molar-refractivity contribution in [3.8, 4) is 0 Å². The Bertz CT molecular complexity index is 639. The van der Waals surface area contributed by atoms with Crippen LogP contribution in [0.15, 0.2) is 30.5 Å². The molecule has 1 aromatic carbocycles. The molecule has 0 atom stereocenters. The number of likely N-dealkylation sites (tertiary alicyclic amines) is 1. The first-order valence-corrected chi connectivity index (χ1v) is 7.65. The molecule has 1 fully saturated rings. The summed E-state index contributed by atoms with van der Waals surface area (Å²) >= 11 is 0. The minimum atomic E-state index is -0.628. The van der Waals surface area contributed by atoms with Gasteiger partial charge in [0, 0.05) is 23.6 Å². The Kier molecular flexibility index (Phi) is 3.72. The smallest absolute Gasteiger partial charge is 0.309 e. The zero-order valence-electron chi connectivity index (χ0n) is 12.4. The molecule has 0 unspecified atom stereocenters. The molecule has 0 radical (unpaired) electrons.